The lowest BCUT2D eigenvalue weighted by atomic mass is 9.90. The molecule has 1 aliphatic rings. The van der Waals surface area contributed by atoms with Crippen molar-refractivity contribution >= 4 is 5.91 Å². The summed E-state index contributed by atoms with van der Waals surface area (Å²) < 4.78 is 13.7. The second kappa shape index (κ2) is 6.84. The number of halogens is 1. The number of carbonyl (C=O) groups excluding carboxylic acids is 1. The first-order valence-electron chi connectivity index (χ1n) is 7.41. The number of amides is 1. The lowest BCUT2D eigenvalue weighted by Gasteiger charge is -2.36. The van der Waals surface area contributed by atoms with Crippen LogP contribution in [0.15, 0.2) is 24.3 Å². The van der Waals surface area contributed by atoms with Gasteiger partial charge in [0.2, 0.25) is 0 Å². The third-order valence-corrected chi connectivity index (χ3v) is 3.93. The molecule has 110 valence electrons. The van der Waals surface area contributed by atoms with Gasteiger partial charge in [0.15, 0.2) is 0 Å². The maximum Gasteiger partial charge on any atom is 0.256 e. The van der Waals surface area contributed by atoms with Crippen molar-refractivity contribution in [2.75, 3.05) is 13.1 Å². The number of benzene rings is 1. The fraction of sp³-hybridized carbons (Fsp3) is 0.562. The van der Waals surface area contributed by atoms with Crippen LogP contribution in [0.1, 0.15) is 43.0 Å². The normalized spacial score (nSPS) is 22.9. The van der Waals surface area contributed by atoms with Crippen LogP contribution < -0.4 is 5.73 Å². The lowest BCUT2D eigenvalue weighted by Crippen LogP contribution is -2.49. The molecular formula is C16H23FN2O. The van der Waals surface area contributed by atoms with E-state index in [1.165, 1.54) is 6.07 Å². The molecule has 3 nitrogen and oxygen atoms in total. The molecule has 2 N–H and O–H groups in total. The Morgan fingerprint density at radius 1 is 1.40 bits per heavy atom. The van der Waals surface area contributed by atoms with Gasteiger partial charge in [-0.25, -0.2) is 4.39 Å². The molecule has 0 spiro atoms. The Morgan fingerprint density at radius 3 is 2.85 bits per heavy atom. The smallest absolute Gasteiger partial charge is 0.256 e. The second-order valence-electron chi connectivity index (χ2n) is 5.69. The van der Waals surface area contributed by atoms with Crippen LogP contribution in [0.2, 0.25) is 0 Å². The zero-order valence-corrected chi connectivity index (χ0v) is 12.0. The second-order valence-corrected chi connectivity index (χ2v) is 5.69. The van der Waals surface area contributed by atoms with E-state index in [0.29, 0.717) is 19.0 Å². The van der Waals surface area contributed by atoms with Crippen molar-refractivity contribution < 1.29 is 9.18 Å². The molecule has 2 unspecified atom stereocenters. The summed E-state index contributed by atoms with van der Waals surface area (Å²) in [7, 11) is 0. The predicted molar refractivity (Wildman–Crippen MR) is 77.9 cm³/mol. The van der Waals surface area contributed by atoms with Crippen LogP contribution in [0.4, 0.5) is 4.39 Å². The van der Waals surface area contributed by atoms with Crippen LogP contribution in [0.3, 0.4) is 0 Å². The van der Waals surface area contributed by atoms with E-state index in [0.717, 1.165) is 25.7 Å². The van der Waals surface area contributed by atoms with Crippen molar-refractivity contribution in [3.63, 3.8) is 0 Å². The SMILES string of the molecule is CCCCC1CC(N)CN(C(=O)c2ccccc2F)C1. The van der Waals surface area contributed by atoms with Gasteiger partial charge in [-0.2, -0.15) is 0 Å². The van der Waals surface area contributed by atoms with Crippen LogP contribution in [0.25, 0.3) is 0 Å². The van der Waals surface area contributed by atoms with Crippen molar-refractivity contribution in [1.82, 2.24) is 4.90 Å². The highest BCUT2D eigenvalue weighted by atomic mass is 19.1. The average molecular weight is 278 g/mol. The average Bonchev–Trinajstić information content (AvgIpc) is 2.44. The van der Waals surface area contributed by atoms with E-state index in [2.05, 4.69) is 6.92 Å². The van der Waals surface area contributed by atoms with Gasteiger partial charge >= 0.3 is 0 Å². The molecule has 1 amide bonds. The van der Waals surface area contributed by atoms with Gasteiger partial charge in [-0.3, -0.25) is 4.79 Å². The number of carbonyl (C=O) groups is 1. The first kappa shape index (κ1) is 15.0. The van der Waals surface area contributed by atoms with Crippen molar-refractivity contribution in [2.45, 2.75) is 38.6 Å². The summed E-state index contributed by atoms with van der Waals surface area (Å²) in [6, 6.07) is 6.15. The van der Waals surface area contributed by atoms with Crippen molar-refractivity contribution in [1.29, 1.82) is 0 Å². The van der Waals surface area contributed by atoms with Crippen LogP contribution in [-0.2, 0) is 0 Å². The topological polar surface area (TPSA) is 46.3 Å². The molecule has 1 aliphatic heterocycles. The van der Waals surface area contributed by atoms with Crippen LogP contribution in [-0.4, -0.2) is 29.9 Å². The minimum Gasteiger partial charge on any atom is -0.337 e. The molecule has 0 bridgehead atoms. The van der Waals surface area contributed by atoms with E-state index < -0.39 is 5.82 Å². The third-order valence-electron chi connectivity index (χ3n) is 3.93. The maximum atomic E-state index is 13.7. The zero-order valence-electron chi connectivity index (χ0n) is 12.0. The van der Waals surface area contributed by atoms with E-state index in [1.807, 2.05) is 0 Å². The predicted octanol–water partition coefficient (Wildman–Crippen LogP) is 2.81. The molecule has 0 radical (unpaired) electrons. The number of nitrogens with zero attached hydrogens (tertiary/aromatic N) is 1. The first-order valence-corrected chi connectivity index (χ1v) is 7.41. The molecule has 0 saturated carbocycles. The number of hydrogen-bond donors (Lipinski definition) is 1. The molecule has 1 aromatic carbocycles. The summed E-state index contributed by atoms with van der Waals surface area (Å²) >= 11 is 0. The number of nitrogens with two attached hydrogens (primary N) is 1. The summed E-state index contributed by atoms with van der Waals surface area (Å²) in [4.78, 5) is 14.1. The van der Waals surface area contributed by atoms with Gasteiger partial charge in [-0.1, -0.05) is 31.9 Å². The zero-order chi connectivity index (χ0) is 14.5. The fourth-order valence-electron chi connectivity index (χ4n) is 2.92. The van der Waals surface area contributed by atoms with Gasteiger partial charge in [0.1, 0.15) is 5.82 Å². The van der Waals surface area contributed by atoms with E-state index in [9.17, 15) is 9.18 Å². The van der Waals surface area contributed by atoms with Crippen molar-refractivity contribution in [3.8, 4) is 0 Å². The molecule has 0 aliphatic carbocycles. The third kappa shape index (κ3) is 3.57. The molecule has 2 atom stereocenters. The Balaban J connectivity index is 2.07. The molecular weight excluding hydrogens is 255 g/mol. The quantitative estimate of drug-likeness (QED) is 0.920. The Labute approximate surface area is 120 Å². The monoisotopic (exact) mass is 278 g/mol. The summed E-state index contributed by atoms with van der Waals surface area (Å²) in [5.41, 5.74) is 6.20. The minimum atomic E-state index is -0.457. The molecule has 20 heavy (non-hydrogen) atoms. The molecule has 1 fully saturated rings. The number of piperidine rings is 1. The molecule has 1 heterocycles. The van der Waals surface area contributed by atoms with Gasteiger partial charge in [-0.15, -0.1) is 0 Å². The Bertz CT molecular complexity index is 464. The number of hydrogen-bond acceptors (Lipinski definition) is 2. The fourth-order valence-corrected chi connectivity index (χ4v) is 2.92. The van der Waals surface area contributed by atoms with E-state index in [-0.39, 0.29) is 17.5 Å². The van der Waals surface area contributed by atoms with Gasteiger partial charge in [0.25, 0.3) is 5.91 Å². The minimum absolute atomic E-state index is 0.00123. The molecule has 2 rings (SSSR count). The Morgan fingerprint density at radius 2 is 2.15 bits per heavy atom. The molecule has 4 heteroatoms. The largest absolute Gasteiger partial charge is 0.337 e. The maximum absolute atomic E-state index is 13.7. The number of likely N-dealkylation sites (tertiary alicyclic amines) is 1. The lowest BCUT2D eigenvalue weighted by molar-refractivity contribution is 0.0637. The summed E-state index contributed by atoms with van der Waals surface area (Å²) in [6.07, 6.45) is 4.35. The highest BCUT2D eigenvalue weighted by molar-refractivity contribution is 5.94. The van der Waals surface area contributed by atoms with Gasteiger partial charge in [0, 0.05) is 19.1 Å². The summed E-state index contributed by atoms with van der Waals surface area (Å²) in [5.74, 6) is -0.254. The standard InChI is InChI=1S/C16H23FN2O/c1-2-3-6-12-9-13(18)11-19(10-12)16(20)14-7-4-5-8-15(14)17/h4-5,7-8,12-13H,2-3,6,9-11,18H2,1H3. The van der Waals surface area contributed by atoms with Crippen molar-refractivity contribution in [3.05, 3.63) is 35.6 Å². The highest BCUT2D eigenvalue weighted by Crippen LogP contribution is 2.23. The Hall–Kier alpha value is -1.42. The first-order chi connectivity index (χ1) is 9.61. The van der Waals surface area contributed by atoms with Gasteiger partial charge in [-0.05, 0) is 30.9 Å². The van der Waals surface area contributed by atoms with Crippen LogP contribution >= 0.6 is 0 Å². The Kier molecular flexibility index (Phi) is 5.12. The van der Waals surface area contributed by atoms with Crippen LogP contribution in [0.5, 0.6) is 0 Å². The van der Waals surface area contributed by atoms with E-state index in [4.69, 9.17) is 5.73 Å². The summed E-state index contributed by atoms with van der Waals surface area (Å²) in [5, 5.41) is 0. The van der Waals surface area contributed by atoms with Gasteiger partial charge in [0.05, 0.1) is 5.56 Å². The van der Waals surface area contributed by atoms with E-state index >= 15 is 0 Å². The molecule has 1 saturated heterocycles. The van der Waals surface area contributed by atoms with Crippen molar-refractivity contribution in [2.24, 2.45) is 11.7 Å². The summed E-state index contributed by atoms with van der Waals surface area (Å²) in [6.45, 7) is 3.38. The van der Waals surface area contributed by atoms with E-state index in [1.54, 1.807) is 23.1 Å². The molecule has 1 aromatic rings. The van der Waals surface area contributed by atoms with Gasteiger partial charge < -0.3 is 10.6 Å². The van der Waals surface area contributed by atoms with Crippen LogP contribution in [0, 0.1) is 11.7 Å². The molecule has 0 aromatic heterocycles. The number of unbranched alkanes of at least 4 members (excludes halogenated alkanes) is 1. The highest BCUT2D eigenvalue weighted by Gasteiger charge is 2.29. The number of rotatable bonds is 4.